The number of halogens is 1. The molecule has 1 aromatic carbocycles. The number of methoxy groups -OCH3 is 2. The van der Waals surface area contributed by atoms with Crippen LogP contribution >= 0.6 is 11.6 Å². The van der Waals surface area contributed by atoms with Crippen LogP contribution in [0, 0.1) is 0 Å². The first-order valence-corrected chi connectivity index (χ1v) is 9.80. The lowest BCUT2D eigenvalue weighted by Crippen LogP contribution is -2.30. The molecule has 0 saturated carbocycles. The Labute approximate surface area is 174 Å². The number of carbonyl (C=O) groups excluding carboxylic acids is 1. The van der Waals surface area contributed by atoms with Gasteiger partial charge in [0.25, 0.3) is 0 Å². The number of aliphatic hydroxyl groups excluding tert-OH is 1. The van der Waals surface area contributed by atoms with Gasteiger partial charge < -0.3 is 19.5 Å². The molecular formula is C22H34ClNO4. The molecule has 0 spiro atoms. The van der Waals surface area contributed by atoms with Crippen molar-refractivity contribution < 1.29 is 19.4 Å². The highest BCUT2D eigenvalue weighted by Gasteiger charge is 2.18. The van der Waals surface area contributed by atoms with Gasteiger partial charge in [0.2, 0.25) is 5.91 Å². The van der Waals surface area contributed by atoms with Crippen molar-refractivity contribution in [2.45, 2.75) is 41.2 Å². The average Bonchev–Trinajstić information content (AvgIpc) is 2.77. The summed E-state index contributed by atoms with van der Waals surface area (Å²) in [6, 6.07) is 5.34. The van der Waals surface area contributed by atoms with Crippen molar-refractivity contribution in [2.24, 2.45) is 0 Å². The molecule has 158 valence electrons. The molecule has 1 N–H and O–H groups in total. The number of aliphatic hydroxyl groups is 1. The van der Waals surface area contributed by atoms with Crippen LogP contribution in [0.25, 0.3) is 0 Å². The highest BCUT2D eigenvalue weighted by molar-refractivity contribution is 6.27. The van der Waals surface area contributed by atoms with Crippen LogP contribution in [0.15, 0.2) is 54.5 Å². The minimum atomic E-state index is -0.296. The van der Waals surface area contributed by atoms with Gasteiger partial charge in [-0.1, -0.05) is 40.3 Å². The molecule has 1 aromatic rings. The van der Waals surface area contributed by atoms with E-state index in [1.807, 2.05) is 33.8 Å². The molecule has 1 amide bonds. The fraction of sp³-hybridized carbons (Fsp3) is 0.409. The third-order valence-electron chi connectivity index (χ3n) is 3.35. The Kier molecular flexibility index (Phi) is 16.6. The second kappa shape index (κ2) is 16.8. The van der Waals surface area contributed by atoms with Gasteiger partial charge >= 0.3 is 0 Å². The highest BCUT2D eigenvalue weighted by atomic mass is 35.5. The Balaban J connectivity index is 0. The second-order valence-electron chi connectivity index (χ2n) is 4.78. The van der Waals surface area contributed by atoms with Gasteiger partial charge in [-0.3, -0.25) is 4.79 Å². The summed E-state index contributed by atoms with van der Waals surface area (Å²) >= 11 is 5.73. The number of hydrogen-bond acceptors (Lipinski definition) is 4. The maximum atomic E-state index is 12.3. The van der Waals surface area contributed by atoms with Crippen molar-refractivity contribution in [1.29, 1.82) is 0 Å². The van der Waals surface area contributed by atoms with Gasteiger partial charge in [-0.2, -0.15) is 0 Å². The molecule has 0 heterocycles. The molecule has 0 saturated heterocycles. The minimum Gasteiger partial charge on any atom is -0.508 e. The van der Waals surface area contributed by atoms with Crippen molar-refractivity contribution in [3.63, 3.8) is 0 Å². The zero-order valence-electron chi connectivity index (χ0n) is 18.1. The number of rotatable bonds is 8. The summed E-state index contributed by atoms with van der Waals surface area (Å²) in [7, 11) is 3.12. The van der Waals surface area contributed by atoms with Crippen LogP contribution in [-0.4, -0.2) is 36.0 Å². The van der Waals surface area contributed by atoms with Crippen molar-refractivity contribution in [3.8, 4) is 11.5 Å². The van der Waals surface area contributed by atoms with Crippen LogP contribution in [0.4, 0.5) is 0 Å². The Morgan fingerprint density at radius 2 is 1.82 bits per heavy atom. The number of alkyl halides is 1. The molecule has 28 heavy (non-hydrogen) atoms. The largest absolute Gasteiger partial charge is 0.508 e. The van der Waals surface area contributed by atoms with E-state index < -0.39 is 0 Å². The smallest absolute Gasteiger partial charge is 0.242 e. The van der Waals surface area contributed by atoms with Gasteiger partial charge in [0, 0.05) is 23.4 Å². The zero-order chi connectivity index (χ0) is 22.1. The van der Waals surface area contributed by atoms with Crippen LogP contribution in [0.1, 0.15) is 40.2 Å². The van der Waals surface area contributed by atoms with Gasteiger partial charge in [-0.05, 0) is 25.1 Å². The van der Waals surface area contributed by atoms with Gasteiger partial charge in [0.05, 0.1) is 20.8 Å². The van der Waals surface area contributed by atoms with E-state index in [4.69, 9.17) is 21.1 Å². The number of hydrogen-bond donors (Lipinski definition) is 1. The molecule has 0 bridgehead atoms. The number of nitrogens with zero attached hydrogens (tertiary/aromatic N) is 1. The number of allylic oxidation sites excluding steroid dienone is 3. The number of amides is 1. The summed E-state index contributed by atoms with van der Waals surface area (Å²) in [6.45, 7) is 13.5. The standard InChI is InChI=1S/C18H22ClNO4.2C2H6/c1-5-14(9-15(21)6-2)20(18(22)11-19)12-13-7-8-16(23-3)10-17(13)24-4;2*1-2/h5-10,21H,2,11-12H2,1,3-4H3;2*1-2H3/b14-5+,15-9+;;. The summed E-state index contributed by atoms with van der Waals surface area (Å²) in [4.78, 5) is 13.7. The van der Waals surface area contributed by atoms with Crippen LogP contribution in [0.2, 0.25) is 0 Å². The van der Waals surface area contributed by atoms with Crippen molar-refractivity contribution in [1.82, 2.24) is 4.90 Å². The summed E-state index contributed by atoms with van der Waals surface area (Å²) in [5.74, 6) is 0.724. The molecule has 6 heteroatoms. The van der Waals surface area contributed by atoms with Crippen LogP contribution in [0.5, 0.6) is 11.5 Å². The molecule has 0 radical (unpaired) electrons. The maximum Gasteiger partial charge on any atom is 0.242 e. The quantitative estimate of drug-likeness (QED) is 0.331. The number of ether oxygens (including phenoxy) is 2. The topological polar surface area (TPSA) is 59.0 Å². The van der Waals surface area contributed by atoms with Crippen molar-refractivity contribution in [2.75, 3.05) is 20.1 Å². The molecule has 0 aliphatic heterocycles. The van der Waals surface area contributed by atoms with Crippen LogP contribution in [-0.2, 0) is 11.3 Å². The Hall–Kier alpha value is -2.40. The fourth-order valence-electron chi connectivity index (χ4n) is 2.08. The highest BCUT2D eigenvalue weighted by Crippen LogP contribution is 2.27. The predicted octanol–water partition coefficient (Wildman–Crippen LogP) is 5.86. The first-order chi connectivity index (χ1) is 13.5. The van der Waals surface area contributed by atoms with Gasteiger partial charge in [-0.15, -0.1) is 11.6 Å². The van der Waals surface area contributed by atoms with E-state index in [9.17, 15) is 9.90 Å². The predicted molar refractivity (Wildman–Crippen MR) is 118 cm³/mol. The molecular weight excluding hydrogens is 378 g/mol. The molecule has 0 aliphatic carbocycles. The Bertz CT molecular complexity index is 654. The summed E-state index contributed by atoms with van der Waals surface area (Å²) in [5, 5.41) is 9.69. The third kappa shape index (κ3) is 9.00. The first kappa shape index (κ1) is 27.8. The Morgan fingerprint density at radius 3 is 2.25 bits per heavy atom. The molecule has 0 aliphatic rings. The minimum absolute atomic E-state index is 0.0443. The number of carbonyl (C=O) groups is 1. The monoisotopic (exact) mass is 411 g/mol. The van der Waals surface area contributed by atoms with E-state index in [2.05, 4.69) is 6.58 Å². The van der Waals surface area contributed by atoms with Gasteiger partial charge in [-0.25, -0.2) is 0 Å². The van der Waals surface area contributed by atoms with Crippen LogP contribution in [0.3, 0.4) is 0 Å². The lowest BCUT2D eigenvalue weighted by Gasteiger charge is -2.24. The van der Waals surface area contributed by atoms with E-state index in [0.29, 0.717) is 17.2 Å². The average molecular weight is 412 g/mol. The third-order valence-corrected chi connectivity index (χ3v) is 3.58. The van der Waals surface area contributed by atoms with Crippen molar-refractivity contribution >= 4 is 17.5 Å². The summed E-state index contributed by atoms with van der Waals surface area (Å²) < 4.78 is 10.5. The van der Waals surface area contributed by atoms with Gasteiger partial charge in [0.15, 0.2) is 0 Å². The van der Waals surface area contributed by atoms with E-state index in [0.717, 1.165) is 5.56 Å². The molecule has 5 nitrogen and oxygen atoms in total. The normalized spacial score (nSPS) is 10.6. The van der Waals surface area contributed by atoms with Crippen LogP contribution < -0.4 is 9.47 Å². The van der Waals surface area contributed by atoms with E-state index in [1.54, 1.807) is 39.4 Å². The van der Waals surface area contributed by atoms with Crippen molar-refractivity contribution in [3.05, 3.63) is 60.0 Å². The zero-order valence-corrected chi connectivity index (χ0v) is 18.8. The molecule has 0 atom stereocenters. The van der Waals surface area contributed by atoms with E-state index in [-0.39, 0.29) is 24.1 Å². The van der Waals surface area contributed by atoms with Gasteiger partial charge in [0.1, 0.15) is 23.1 Å². The molecule has 0 aromatic heterocycles. The first-order valence-electron chi connectivity index (χ1n) is 9.27. The molecule has 0 unspecified atom stereocenters. The SMILES string of the molecule is C=C/C(O)=C\C(=C/C)N(Cc1ccc(OC)cc1OC)C(=O)CCl.CC.CC. The lowest BCUT2D eigenvalue weighted by molar-refractivity contribution is -0.126. The number of benzene rings is 1. The summed E-state index contributed by atoms with van der Waals surface area (Å²) in [5.41, 5.74) is 1.29. The molecule has 1 rings (SSSR count). The lowest BCUT2D eigenvalue weighted by atomic mass is 10.1. The fourth-order valence-corrected chi connectivity index (χ4v) is 2.22. The summed E-state index contributed by atoms with van der Waals surface area (Å²) in [6.07, 6.45) is 4.45. The molecule has 0 fully saturated rings. The Morgan fingerprint density at radius 1 is 1.21 bits per heavy atom. The second-order valence-corrected chi connectivity index (χ2v) is 5.05. The maximum absolute atomic E-state index is 12.3. The van der Waals surface area contributed by atoms with E-state index in [1.165, 1.54) is 17.1 Å². The van der Waals surface area contributed by atoms with E-state index >= 15 is 0 Å².